The molecule has 2 amide bonds. The lowest BCUT2D eigenvalue weighted by Crippen LogP contribution is -2.48. The summed E-state index contributed by atoms with van der Waals surface area (Å²) in [6, 6.07) is 14.2. The van der Waals surface area contributed by atoms with Crippen molar-refractivity contribution in [1.29, 1.82) is 0 Å². The average Bonchev–Trinajstić information content (AvgIpc) is 2.94. The molecule has 40 heavy (non-hydrogen) atoms. The summed E-state index contributed by atoms with van der Waals surface area (Å²) in [6.07, 6.45) is 0. The minimum Gasteiger partial charge on any atom is -0.482 e. The van der Waals surface area contributed by atoms with Crippen molar-refractivity contribution in [3.63, 3.8) is 0 Å². The Labute approximate surface area is 252 Å². The van der Waals surface area contributed by atoms with Gasteiger partial charge in [0, 0.05) is 32.7 Å². The van der Waals surface area contributed by atoms with Crippen LogP contribution < -0.4 is 9.64 Å². The SMILES string of the molecule is CN(C(=O)CN1C(=O)COc2cc(Cl)c(Cl)cc21)C(CN1CCOCC1)c1ccc(-c2cc(Cl)nc(Cl)c2)cc1. The van der Waals surface area contributed by atoms with Gasteiger partial charge in [0.1, 0.15) is 22.6 Å². The van der Waals surface area contributed by atoms with E-state index >= 15 is 0 Å². The standard InChI is InChI=1S/C28H26Cl4N4O4/c1-34(27(37)15-36-22-12-20(29)21(30)13-24(22)40-16-28(36)38)23(14-35-6-8-39-9-7-35)18-4-2-17(3-5-18)19-10-25(31)33-26(32)11-19/h2-5,10-13,23H,6-9,14-16H2,1H3. The predicted octanol–water partition coefficient (Wildman–Crippen LogP) is 5.62. The van der Waals surface area contributed by atoms with Gasteiger partial charge in [0.15, 0.2) is 6.61 Å². The fourth-order valence-corrected chi connectivity index (χ4v) is 5.57. The highest BCUT2D eigenvalue weighted by atomic mass is 35.5. The smallest absolute Gasteiger partial charge is 0.265 e. The number of anilines is 1. The van der Waals surface area contributed by atoms with E-state index in [1.165, 1.54) is 4.90 Å². The molecule has 3 heterocycles. The van der Waals surface area contributed by atoms with Gasteiger partial charge < -0.3 is 14.4 Å². The van der Waals surface area contributed by atoms with Crippen molar-refractivity contribution in [2.24, 2.45) is 0 Å². The lowest BCUT2D eigenvalue weighted by Gasteiger charge is -2.37. The van der Waals surface area contributed by atoms with Crippen LogP contribution in [0.25, 0.3) is 11.1 Å². The molecule has 0 saturated carbocycles. The molecule has 0 spiro atoms. The Morgan fingerprint density at radius 2 is 1.62 bits per heavy atom. The second-order valence-electron chi connectivity index (χ2n) is 9.56. The van der Waals surface area contributed by atoms with Crippen molar-refractivity contribution < 1.29 is 19.1 Å². The van der Waals surface area contributed by atoms with Crippen molar-refractivity contribution in [3.8, 4) is 16.9 Å². The number of hydrogen-bond donors (Lipinski definition) is 0. The molecule has 1 aromatic heterocycles. The monoisotopic (exact) mass is 622 g/mol. The zero-order valence-electron chi connectivity index (χ0n) is 21.6. The van der Waals surface area contributed by atoms with E-state index in [1.807, 2.05) is 24.3 Å². The number of hydrogen-bond acceptors (Lipinski definition) is 6. The lowest BCUT2D eigenvalue weighted by atomic mass is 10.00. The van der Waals surface area contributed by atoms with Crippen molar-refractivity contribution in [1.82, 2.24) is 14.8 Å². The van der Waals surface area contributed by atoms with E-state index in [4.69, 9.17) is 55.9 Å². The van der Waals surface area contributed by atoms with Crippen molar-refractivity contribution >= 4 is 63.9 Å². The molecule has 8 nitrogen and oxygen atoms in total. The van der Waals surface area contributed by atoms with Gasteiger partial charge in [-0.25, -0.2) is 4.98 Å². The molecule has 2 aromatic carbocycles. The van der Waals surface area contributed by atoms with Crippen LogP contribution in [0.2, 0.25) is 20.4 Å². The Morgan fingerprint density at radius 3 is 2.30 bits per heavy atom. The van der Waals surface area contributed by atoms with Crippen LogP contribution in [0, 0.1) is 0 Å². The van der Waals surface area contributed by atoms with Crippen molar-refractivity contribution in [3.05, 3.63) is 74.4 Å². The Morgan fingerprint density at radius 1 is 0.975 bits per heavy atom. The highest BCUT2D eigenvalue weighted by Crippen LogP contribution is 2.39. The molecule has 2 aliphatic rings. The lowest BCUT2D eigenvalue weighted by molar-refractivity contribution is -0.133. The number of carbonyl (C=O) groups is 2. The number of rotatable bonds is 7. The first kappa shape index (κ1) is 28.9. The fourth-order valence-electron chi connectivity index (χ4n) is 4.80. The summed E-state index contributed by atoms with van der Waals surface area (Å²) in [6.45, 7) is 3.04. The third kappa shape index (κ3) is 6.48. The maximum absolute atomic E-state index is 13.7. The number of benzene rings is 2. The van der Waals surface area contributed by atoms with Crippen LogP contribution >= 0.6 is 46.4 Å². The van der Waals surface area contributed by atoms with Gasteiger partial charge in [0.05, 0.1) is 35.0 Å². The molecule has 2 aliphatic heterocycles. The normalized spacial score (nSPS) is 16.3. The summed E-state index contributed by atoms with van der Waals surface area (Å²) in [5, 5.41) is 1.20. The second-order valence-corrected chi connectivity index (χ2v) is 11.1. The summed E-state index contributed by atoms with van der Waals surface area (Å²) in [5.41, 5.74) is 3.12. The quantitative estimate of drug-likeness (QED) is 0.318. The molecule has 210 valence electrons. The van der Waals surface area contributed by atoms with Crippen LogP contribution in [-0.2, 0) is 14.3 Å². The maximum Gasteiger partial charge on any atom is 0.265 e. The highest BCUT2D eigenvalue weighted by Gasteiger charge is 2.32. The van der Waals surface area contributed by atoms with E-state index in [1.54, 1.807) is 36.2 Å². The first-order valence-electron chi connectivity index (χ1n) is 12.6. The summed E-state index contributed by atoms with van der Waals surface area (Å²) >= 11 is 24.5. The minimum atomic E-state index is -0.337. The molecule has 5 rings (SSSR count). The van der Waals surface area contributed by atoms with Crippen LogP contribution in [0.15, 0.2) is 48.5 Å². The van der Waals surface area contributed by atoms with Crippen LogP contribution in [0.5, 0.6) is 5.75 Å². The van der Waals surface area contributed by atoms with Gasteiger partial charge in [0.25, 0.3) is 5.91 Å². The number of morpholine rings is 1. The molecular weight excluding hydrogens is 598 g/mol. The van der Waals surface area contributed by atoms with E-state index in [2.05, 4.69) is 9.88 Å². The Balaban J connectivity index is 1.40. The third-order valence-electron chi connectivity index (χ3n) is 7.03. The van der Waals surface area contributed by atoms with Crippen LogP contribution in [-0.4, -0.2) is 79.6 Å². The number of fused-ring (bicyclic) bond motifs is 1. The second kappa shape index (κ2) is 12.5. The molecule has 3 aromatic rings. The third-order valence-corrected chi connectivity index (χ3v) is 8.13. The molecule has 0 aliphatic carbocycles. The van der Waals surface area contributed by atoms with Crippen LogP contribution in [0.3, 0.4) is 0 Å². The van der Waals surface area contributed by atoms with Gasteiger partial charge in [-0.3, -0.25) is 19.4 Å². The Kier molecular flexibility index (Phi) is 9.05. The van der Waals surface area contributed by atoms with E-state index in [0.717, 1.165) is 29.8 Å². The topological polar surface area (TPSA) is 75.2 Å². The van der Waals surface area contributed by atoms with Gasteiger partial charge in [-0.2, -0.15) is 0 Å². The average molecular weight is 624 g/mol. The Bertz CT molecular complexity index is 1400. The van der Waals surface area contributed by atoms with Gasteiger partial charge in [-0.15, -0.1) is 0 Å². The highest BCUT2D eigenvalue weighted by molar-refractivity contribution is 6.42. The number of halogens is 4. The number of aromatic nitrogens is 1. The fraction of sp³-hybridized carbons (Fsp3) is 0.321. The molecule has 1 saturated heterocycles. The molecule has 0 bridgehead atoms. The predicted molar refractivity (Wildman–Crippen MR) is 157 cm³/mol. The number of nitrogens with zero attached hydrogens (tertiary/aromatic N) is 4. The summed E-state index contributed by atoms with van der Waals surface area (Å²) in [5.74, 6) is -0.167. The van der Waals surface area contributed by atoms with E-state index in [0.29, 0.717) is 46.5 Å². The largest absolute Gasteiger partial charge is 0.482 e. The first-order chi connectivity index (χ1) is 19.2. The maximum atomic E-state index is 13.7. The molecular formula is C28H26Cl4N4O4. The number of likely N-dealkylation sites (N-methyl/N-ethyl adjacent to an activating group) is 1. The van der Waals surface area contributed by atoms with Gasteiger partial charge in [0.2, 0.25) is 5.91 Å². The van der Waals surface area contributed by atoms with E-state index in [9.17, 15) is 9.59 Å². The molecule has 0 N–H and O–H groups in total. The van der Waals surface area contributed by atoms with E-state index < -0.39 is 0 Å². The molecule has 1 unspecified atom stereocenters. The van der Waals surface area contributed by atoms with Gasteiger partial charge in [-0.05, 0) is 34.9 Å². The summed E-state index contributed by atoms with van der Waals surface area (Å²) < 4.78 is 11.0. The zero-order chi connectivity index (χ0) is 28.4. The van der Waals surface area contributed by atoms with E-state index in [-0.39, 0.29) is 36.0 Å². The molecule has 12 heteroatoms. The first-order valence-corrected chi connectivity index (χ1v) is 14.1. The molecule has 1 fully saturated rings. The summed E-state index contributed by atoms with van der Waals surface area (Å²) in [7, 11) is 1.75. The number of ether oxygens (including phenoxy) is 2. The van der Waals surface area contributed by atoms with Crippen molar-refractivity contribution in [2.75, 3.05) is 57.9 Å². The number of pyridine rings is 1. The number of carbonyl (C=O) groups excluding carboxylic acids is 2. The zero-order valence-corrected chi connectivity index (χ0v) is 24.6. The van der Waals surface area contributed by atoms with Crippen LogP contribution in [0.4, 0.5) is 5.69 Å². The minimum absolute atomic E-state index is 0.171. The van der Waals surface area contributed by atoms with Crippen molar-refractivity contribution in [2.45, 2.75) is 6.04 Å². The molecule has 1 atom stereocenters. The van der Waals surface area contributed by atoms with Gasteiger partial charge >= 0.3 is 0 Å². The molecule has 0 radical (unpaired) electrons. The Hall–Kier alpha value is -2.59. The van der Waals surface area contributed by atoms with Gasteiger partial charge in [-0.1, -0.05) is 70.7 Å². The summed E-state index contributed by atoms with van der Waals surface area (Å²) in [4.78, 5) is 35.8. The number of amides is 2. The van der Waals surface area contributed by atoms with Crippen LogP contribution in [0.1, 0.15) is 11.6 Å².